The van der Waals surface area contributed by atoms with E-state index in [1.165, 1.54) is 0 Å². The quantitative estimate of drug-likeness (QED) is 0.800. The minimum absolute atomic E-state index is 0.259. The van der Waals surface area contributed by atoms with Gasteiger partial charge in [0.2, 0.25) is 0 Å². The number of nitrogens with two attached hydrogens (primary N) is 1. The van der Waals surface area contributed by atoms with Gasteiger partial charge in [0.1, 0.15) is 0 Å². The van der Waals surface area contributed by atoms with E-state index in [0.717, 1.165) is 5.56 Å². The van der Waals surface area contributed by atoms with Gasteiger partial charge in [0.15, 0.2) is 0 Å². The molecule has 0 aliphatic heterocycles. The zero-order chi connectivity index (χ0) is 14.5. The third kappa shape index (κ3) is 3.58. The molecule has 0 aliphatic carbocycles. The van der Waals surface area contributed by atoms with E-state index in [1.807, 2.05) is 38.1 Å². The standard InChI is InChI=1S/C14H19N5O/c1-10(2)19-9-13(8-16-19)18-14(20)17-12-5-3-4-11(6-12)7-15/h3-6,8-10H,7,15H2,1-2H3,(H2,17,18,20). The van der Waals surface area contributed by atoms with Crippen molar-refractivity contribution in [3.63, 3.8) is 0 Å². The number of hydrogen-bond donors (Lipinski definition) is 3. The first-order valence-electron chi connectivity index (χ1n) is 6.49. The molecule has 2 aromatic rings. The highest BCUT2D eigenvalue weighted by Gasteiger charge is 2.06. The van der Waals surface area contributed by atoms with Gasteiger partial charge in [0.25, 0.3) is 0 Å². The molecule has 0 fully saturated rings. The normalized spacial score (nSPS) is 10.6. The smallest absolute Gasteiger partial charge is 0.323 e. The van der Waals surface area contributed by atoms with Crippen molar-refractivity contribution < 1.29 is 4.79 Å². The van der Waals surface area contributed by atoms with E-state index in [2.05, 4.69) is 15.7 Å². The van der Waals surface area contributed by atoms with Crippen molar-refractivity contribution in [1.29, 1.82) is 0 Å². The fourth-order valence-electron chi connectivity index (χ4n) is 1.75. The maximum absolute atomic E-state index is 11.9. The molecule has 0 atom stereocenters. The molecule has 20 heavy (non-hydrogen) atoms. The molecule has 2 amide bonds. The zero-order valence-electron chi connectivity index (χ0n) is 11.6. The molecule has 0 aliphatic rings. The predicted molar refractivity (Wildman–Crippen MR) is 79.6 cm³/mol. The average molecular weight is 273 g/mol. The Morgan fingerprint density at radius 3 is 2.75 bits per heavy atom. The largest absolute Gasteiger partial charge is 0.326 e. The third-order valence-electron chi connectivity index (χ3n) is 2.81. The lowest BCUT2D eigenvalue weighted by atomic mass is 10.2. The number of nitrogens with one attached hydrogen (secondary N) is 2. The molecule has 106 valence electrons. The number of urea groups is 1. The van der Waals surface area contributed by atoms with Crippen LogP contribution in [0.15, 0.2) is 36.7 Å². The van der Waals surface area contributed by atoms with E-state index < -0.39 is 0 Å². The lowest BCUT2D eigenvalue weighted by molar-refractivity contribution is 0.262. The van der Waals surface area contributed by atoms with Crippen LogP contribution in [0, 0.1) is 0 Å². The predicted octanol–water partition coefficient (Wildman–Crippen LogP) is 2.57. The first-order valence-corrected chi connectivity index (χ1v) is 6.49. The Morgan fingerprint density at radius 1 is 1.35 bits per heavy atom. The number of rotatable bonds is 4. The lowest BCUT2D eigenvalue weighted by Crippen LogP contribution is -2.19. The van der Waals surface area contributed by atoms with Gasteiger partial charge in [-0.05, 0) is 31.5 Å². The molecular weight excluding hydrogens is 254 g/mol. The van der Waals surface area contributed by atoms with Gasteiger partial charge in [0.05, 0.1) is 11.9 Å². The molecule has 0 unspecified atom stereocenters. The van der Waals surface area contributed by atoms with Crippen molar-refractivity contribution in [3.05, 3.63) is 42.2 Å². The minimum Gasteiger partial charge on any atom is -0.326 e. The van der Waals surface area contributed by atoms with Gasteiger partial charge in [0, 0.05) is 24.5 Å². The fraction of sp³-hybridized carbons (Fsp3) is 0.286. The number of benzene rings is 1. The second-order valence-corrected chi connectivity index (χ2v) is 4.79. The van der Waals surface area contributed by atoms with E-state index in [1.54, 1.807) is 17.1 Å². The Balaban J connectivity index is 1.97. The molecule has 6 nitrogen and oxygen atoms in total. The minimum atomic E-state index is -0.303. The summed E-state index contributed by atoms with van der Waals surface area (Å²) in [5.41, 5.74) is 7.90. The van der Waals surface area contributed by atoms with E-state index in [4.69, 9.17) is 5.73 Å². The Hall–Kier alpha value is -2.34. The SMILES string of the molecule is CC(C)n1cc(NC(=O)Nc2cccc(CN)c2)cn1. The van der Waals surface area contributed by atoms with Crippen molar-refractivity contribution in [2.24, 2.45) is 5.73 Å². The molecule has 2 rings (SSSR count). The fourth-order valence-corrected chi connectivity index (χ4v) is 1.75. The summed E-state index contributed by atoms with van der Waals surface area (Å²) >= 11 is 0. The molecular formula is C14H19N5O. The lowest BCUT2D eigenvalue weighted by Gasteiger charge is -2.07. The summed E-state index contributed by atoms with van der Waals surface area (Å²) < 4.78 is 1.78. The number of aromatic nitrogens is 2. The number of hydrogen-bond acceptors (Lipinski definition) is 3. The third-order valence-corrected chi connectivity index (χ3v) is 2.81. The molecule has 0 radical (unpaired) electrons. The highest BCUT2D eigenvalue weighted by molar-refractivity contribution is 5.99. The van der Waals surface area contributed by atoms with Crippen LogP contribution in [0.4, 0.5) is 16.2 Å². The first kappa shape index (κ1) is 14.1. The van der Waals surface area contributed by atoms with E-state index in [9.17, 15) is 4.79 Å². The monoisotopic (exact) mass is 273 g/mol. The van der Waals surface area contributed by atoms with Gasteiger partial charge in [-0.15, -0.1) is 0 Å². The Kier molecular flexibility index (Phi) is 4.37. The first-order chi connectivity index (χ1) is 9.58. The molecule has 0 spiro atoms. The van der Waals surface area contributed by atoms with Crippen molar-refractivity contribution >= 4 is 17.4 Å². The number of anilines is 2. The molecule has 0 saturated heterocycles. The van der Waals surface area contributed by atoms with Gasteiger partial charge in [-0.3, -0.25) is 4.68 Å². The Bertz CT molecular complexity index is 591. The van der Waals surface area contributed by atoms with Crippen molar-refractivity contribution in [1.82, 2.24) is 9.78 Å². The Morgan fingerprint density at radius 2 is 2.10 bits per heavy atom. The summed E-state index contributed by atoms with van der Waals surface area (Å²) in [7, 11) is 0. The van der Waals surface area contributed by atoms with Gasteiger partial charge >= 0.3 is 6.03 Å². The maximum Gasteiger partial charge on any atom is 0.323 e. The van der Waals surface area contributed by atoms with Crippen molar-refractivity contribution in [2.45, 2.75) is 26.4 Å². The van der Waals surface area contributed by atoms with Crippen LogP contribution >= 0.6 is 0 Å². The summed E-state index contributed by atoms with van der Waals surface area (Å²) in [5, 5.41) is 9.66. The highest BCUT2D eigenvalue weighted by atomic mass is 16.2. The van der Waals surface area contributed by atoms with E-state index >= 15 is 0 Å². The van der Waals surface area contributed by atoms with E-state index in [0.29, 0.717) is 17.9 Å². The number of amides is 2. The van der Waals surface area contributed by atoms with Crippen LogP contribution in [0.25, 0.3) is 0 Å². The molecule has 1 aromatic carbocycles. The topological polar surface area (TPSA) is 85.0 Å². The van der Waals surface area contributed by atoms with Crippen LogP contribution in [0.2, 0.25) is 0 Å². The van der Waals surface area contributed by atoms with Crippen LogP contribution in [0.1, 0.15) is 25.5 Å². The highest BCUT2D eigenvalue weighted by Crippen LogP contribution is 2.12. The molecule has 4 N–H and O–H groups in total. The molecule has 1 heterocycles. The summed E-state index contributed by atoms with van der Waals surface area (Å²) in [6.07, 6.45) is 3.41. The van der Waals surface area contributed by atoms with Gasteiger partial charge in [-0.25, -0.2) is 4.79 Å². The number of carbonyl (C=O) groups excluding carboxylic acids is 1. The van der Waals surface area contributed by atoms with Crippen LogP contribution in [0.5, 0.6) is 0 Å². The van der Waals surface area contributed by atoms with Gasteiger partial charge < -0.3 is 16.4 Å². The van der Waals surface area contributed by atoms with Crippen LogP contribution in [0.3, 0.4) is 0 Å². The van der Waals surface area contributed by atoms with Crippen molar-refractivity contribution in [3.8, 4) is 0 Å². The molecule has 0 bridgehead atoms. The molecule has 1 aromatic heterocycles. The summed E-state index contributed by atoms with van der Waals surface area (Å²) in [6, 6.07) is 7.38. The maximum atomic E-state index is 11.9. The summed E-state index contributed by atoms with van der Waals surface area (Å²) in [6.45, 7) is 4.49. The van der Waals surface area contributed by atoms with Crippen LogP contribution in [-0.2, 0) is 6.54 Å². The molecule has 0 saturated carbocycles. The Labute approximate surface area is 118 Å². The second-order valence-electron chi connectivity index (χ2n) is 4.79. The van der Waals surface area contributed by atoms with E-state index in [-0.39, 0.29) is 12.1 Å². The number of nitrogens with zero attached hydrogens (tertiary/aromatic N) is 2. The van der Waals surface area contributed by atoms with Gasteiger partial charge in [-0.1, -0.05) is 12.1 Å². The van der Waals surface area contributed by atoms with Crippen molar-refractivity contribution in [2.75, 3.05) is 10.6 Å². The zero-order valence-corrected chi connectivity index (χ0v) is 11.6. The van der Waals surface area contributed by atoms with Crippen LogP contribution < -0.4 is 16.4 Å². The summed E-state index contributed by atoms with van der Waals surface area (Å²) in [5.74, 6) is 0. The second kappa shape index (κ2) is 6.21. The van der Waals surface area contributed by atoms with Gasteiger partial charge in [-0.2, -0.15) is 5.10 Å². The number of carbonyl (C=O) groups is 1. The molecule has 6 heteroatoms. The summed E-state index contributed by atoms with van der Waals surface area (Å²) in [4.78, 5) is 11.9. The average Bonchev–Trinajstić information content (AvgIpc) is 2.87. The van der Waals surface area contributed by atoms with Crippen LogP contribution in [-0.4, -0.2) is 15.8 Å².